The molecule has 0 saturated heterocycles. The SMILES string of the molecule is CC1CNc2ccc(Br)cc2NC1. The van der Waals surface area contributed by atoms with Gasteiger partial charge in [0.25, 0.3) is 0 Å². The number of hydrogen-bond acceptors (Lipinski definition) is 2. The third kappa shape index (κ3) is 1.97. The zero-order valence-electron chi connectivity index (χ0n) is 7.60. The average Bonchev–Trinajstić information content (AvgIpc) is 2.29. The van der Waals surface area contributed by atoms with E-state index in [0.717, 1.165) is 17.6 Å². The normalized spacial score (nSPS) is 20.9. The van der Waals surface area contributed by atoms with Crippen molar-refractivity contribution >= 4 is 27.3 Å². The lowest BCUT2D eigenvalue weighted by molar-refractivity contribution is 0.657. The third-order valence-electron chi connectivity index (χ3n) is 2.26. The monoisotopic (exact) mass is 240 g/mol. The summed E-state index contributed by atoms with van der Waals surface area (Å²) in [6.45, 7) is 4.32. The van der Waals surface area contributed by atoms with E-state index in [1.54, 1.807) is 0 Å². The van der Waals surface area contributed by atoms with E-state index in [9.17, 15) is 0 Å². The van der Waals surface area contributed by atoms with E-state index in [0.29, 0.717) is 5.92 Å². The Morgan fingerprint density at radius 3 is 2.69 bits per heavy atom. The van der Waals surface area contributed by atoms with Gasteiger partial charge in [-0.15, -0.1) is 0 Å². The lowest BCUT2D eigenvalue weighted by Crippen LogP contribution is -2.14. The molecule has 1 aromatic carbocycles. The van der Waals surface area contributed by atoms with Crippen LogP contribution in [0.2, 0.25) is 0 Å². The van der Waals surface area contributed by atoms with E-state index in [1.807, 2.05) is 0 Å². The van der Waals surface area contributed by atoms with Crippen molar-refractivity contribution in [2.45, 2.75) is 6.92 Å². The minimum absolute atomic E-state index is 0.672. The zero-order chi connectivity index (χ0) is 9.26. The van der Waals surface area contributed by atoms with Gasteiger partial charge in [-0.3, -0.25) is 0 Å². The van der Waals surface area contributed by atoms with Crippen molar-refractivity contribution in [1.29, 1.82) is 0 Å². The molecule has 1 unspecified atom stereocenters. The van der Waals surface area contributed by atoms with Crippen LogP contribution >= 0.6 is 15.9 Å². The number of anilines is 2. The Balaban J connectivity index is 2.30. The fourth-order valence-corrected chi connectivity index (χ4v) is 1.82. The second kappa shape index (κ2) is 3.58. The van der Waals surface area contributed by atoms with Crippen LogP contribution in [0, 0.1) is 5.92 Å². The van der Waals surface area contributed by atoms with Crippen molar-refractivity contribution in [3.8, 4) is 0 Å². The summed E-state index contributed by atoms with van der Waals surface area (Å²) in [6.07, 6.45) is 0. The van der Waals surface area contributed by atoms with Crippen LogP contribution in [0.25, 0.3) is 0 Å². The molecule has 1 heterocycles. The molecule has 0 aromatic heterocycles. The summed E-state index contributed by atoms with van der Waals surface area (Å²) in [5, 5.41) is 6.84. The molecule has 1 atom stereocenters. The van der Waals surface area contributed by atoms with Gasteiger partial charge in [-0.2, -0.15) is 0 Å². The quantitative estimate of drug-likeness (QED) is 0.729. The number of halogens is 1. The molecule has 0 bridgehead atoms. The number of fused-ring (bicyclic) bond motifs is 1. The summed E-state index contributed by atoms with van der Waals surface area (Å²) < 4.78 is 1.12. The van der Waals surface area contributed by atoms with Gasteiger partial charge in [0.2, 0.25) is 0 Å². The van der Waals surface area contributed by atoms with E-state index in [4.69, 9.17) is 0 Å². The summed E-state index contributed by atoms with van der Waals surface area (Å²) in [5.41, 5.74) is 2.39. The average molecular weight is 241 g/mol. The van der Waals surface area contributed by atoms with Crippen LogP contribution in [0.4, 0.5) is 11.4 Å². The van der Waals surface area contributed by atoms with E-state index in [1.165, 1.54) is 11.4 Å². The first-order valence-electron chi connectivity index (χ1n) is 4.53. The van der Waals surface area contributed by atoms with Gasteiger partial charge in [-0.25, -0.2) is 0 Å². The highest BCUT2D eigenvalue weighted by atomic mass is 79.9. The highest BCUT2D eigenvalue weighted by Crippen LogP contribution is 2.27. The Hall–Kier alpha value is -0.700. The van der Waals surface area contributed by atoms with Crippen LogP contribution in [0.15, 0.2) is 22.7 Å². The molecule has 0 radical (unpaired) electrons. The van der Waals surface area contributed by atoms with Crippen LogP contribution in [-0.2, 0) is 0 Å². The lowest BCUT2D eigenvalue weighted by atomic mass is 10.2. The number of rotatable bonds is 0. The summed E-state index contributed by atoms with van der Waals surface area (Å²) in [6, 6.07) is 6.27. The largest absolute Gasteiger partial charge is 0.383 e. The second-order valence-electron chi connectivity index (χ2n) is 3.56. The molecular weight excluding hydrogens is 228 g/mol. The van der Waals surface area contributed by atoms with Gasteiger partial charge in [0.1, 0.15) is 0 Å². The standard InChI is InChI=1S/C10H13BrN2/c1-7-5-12-9-3-2-8(11)4-10(9)13-6-7/h2-4,7,12-13H,5-6H2,1H3. The summed E-state index contributed by atoms with van der Waals surface area (Å²) >= 11 is 3.46. The van der Waals surface area contributed by atoms with E-state index < -0.39 is 0 Å². The Morgan fingerprint density at radius 1 is 1.23 bits per heavy atom. The van der Waals surface area contributed by atoms with E-state index in [2.05, 4.69) is 51.7 Å². The number of nitrogens with one attached hydrogen (secondary N) is 2. The van der Waals surface area contributed by atoms with Crippen molar-refractivity contribution in [1.82, 2.24) is 0 Å². The maximum Gasteiger partial charge on any atom is 0.0587 e. The van der Waals surface area contributed by atoms with Crippen molar-refractivity contribution in [3.05, 3.63) is 22.7 Å². The summed E-state index contributed by atoms with van der Waals surface area (Å²) in [5.74, 6) is 0.672. The van der Waals surface area contributed by atoms with Gasteiger partial charge < -0.3 is 10.6 Å². The van der Waals surface area contributed by atoms with Gasteiger partial charge in [-0.1, -0.05) is 22.9 Å². The predicted octanol–water partition coefficient (Wildman–Crippen LogP) is 2.92. The Labute approximate surface area is 86.9 Å². The van der Waals surface area contributed by atoms with Crippen LogP contribution in [0.1, 0.15) is 6.92 Å². The minimum Gasteiger partial charge on any atom is -0.383 e. The minimum atomic E-state index is 0.672. The Kier molecular flexibility index (Phi) is 2.44. The van der Waals surface area contributed by atoms with Gasteiger partial charge in [0.15, 0.2) is 0 Å². The molecule has 1 aliphatic heterocycles. The van der Waals surface area contributed by atoms with Gasteiger partial charge >= 0.3 is 0 Å². The molecule has 2 rings (SSSR count). The Bertz CT molecular complexity index is 312. The maximum absolute atomic E-state index is 3.46. The molecule has 70 valence electrons. The van der Waals surface area contributed by atoms with Crippen molar-refractivity contribution < 1.29 is 0 Å². The third-order valence-corrected chi connectivity index (χ3v) is 2.76. The smallest absolute Gasteiger partial charge is 0.0587 e. The van der Waals surface area contributed by atoms with Crippen LogP contribution in [-0.4, -0.2) is 13.1 Å². The zero-order valence-corrected chi connectivity index (χ0v) is 9.19. The molecule has 0 saturated carbocycles. The van der Waals surface area contributed by atoms with Crippen molar-refractivity contribution in [2.24, 2.45) is 5.92 Å². The lowest BCUT2D eigenvalue weighted by Gasteiger charge is -2.07. The van der Waals surface area contributed by atoms with Crippen LogP contribution < -0.4 is 10.6 Å². The molecular formula is C10H13BrN2. The molecule has 3 heteroatoms. The van der Waals surface area contributed by atoms with Gasteiger partial charge in [0.05, 0.1) is 11.4 Å². The van der Waals surface area contributed by atoms with Crippen molar-refractivity contribution in [3.63, 3.8) is 0 Å². The van der Waals surface area contributed by atoms with Crippen LogP contribution in [0.3, 0.4) is 0 Å². The molecule has 1 aromatic rings. The second-order valence-corrected chi connectivity index (χ2v) is 4.47. The first kappa shape index (κ1) is 8.88. The molecule has 2 nitrogen and oxygen atoms in total. The number of hydrogen-bond donors (Lipinski definition) is 2. The molecule has 0 spiro atoms. The first-order chi connectivity index (χ1) is 6.25. The fraction of sp³-hybridized carbons (Fsp3) is 0.400. The van der Waals surface area contributed by atoms with Crippen LogP contribution in [0.5, 0.6) is 0 Å². The molecule has 1 aliphatic rings. The molecule has 2 N–H and O–H groups in total. The van der Waals surface area contributed by atoms with E-state index in [-0.39, 0.29) is 0 Å². The predicted molar refractivity (Wildman–Crippen MR) is 60.3 cm³/mol. The summed E-state index contributed by atoms with van der Waals surface area (Å²) in [7, 11) is 0. The maximum atomic E-state index is 3.46. The molecule has 0 aliphatic carbocycles. The molecule has 13 heavy (non-hydrogen) atoms. The molecule has 0 amide bonds. The topological polar surface area (TPSA) is 24.1 Å². The van der Waals surface area contributed by atoms with Gasteiger partial charge in [-0.05, 0) is 24.1 Å². The van der Waals surface area contributed by atoms with Crippen molar-refractivity contribution in [2.75, 3.05) is 23.7 Å². The highest BCUT2D eigenvalue weighted by Gasteiger charge is 2.10. The van der Waals surface area contributed by atoms with Gasteiger partial charge in [0, 0.05) is 17.6 Å². The number of benzene rings is 1. The highest BCUT2D eigenvalue weighted by molar-refractivity contribution is 9.10. The molecule has 0 fully saturated rings. The fourth-order valence-electron chi connectivity index (χ4n) is 1.46. The Morgan fingerprint density at radius 2 is 1.92 bits per heavy atom. The summed E-state index contributed by atoms with van der Waals surface area (Å²) in [4.78, 5) is 0. The first-order valence-corrected chi connectivity index (χ1v) is 5.32. The van der Waals surface area contributed by atoms with E-state index >= 15 is 0 Å².